The molecule has 16 heavy (non-hydrogen) atoms. The first-order valence-electron chi connectivity index (χ1n) is 4.49. The van der Waals surface area contributed by atoms with E-state index in [0.29, 0.717) is 5.82 Å². The second kappa shape index (κ2) is 3.94. The second-order valence-electron chi connectivity index (χ2n) is 3.26. The summed E-state index contributed by atoms with van der Waals surface area (Å²) in [7, 11) is 0. The molecule has 2 heterocycles. The summed E-state index contributed by atoms with van der Waals surface area (Å²) < 4.78 is 1.29. The highest BCUT2D eigenvalue weighted by molar-refractivity contribution is 6.32. The molecule has 0 atom stereocenters. The lowest BCUT2D eigenvalue weighted by molar-refractivity contribution is 0.0697. The summed E-state index contributed by atoms with van der Waals surface area (Å²) in [6.07, 6.45) is 2.82. The first kappa shape index (κ1) is 10.6. The maximum Gasteiger partial charge on any atom is 0.340 e. The van der Waals surface area contributed by atoms with Crippen molar-refractivity contribution in [3.8, 4) is 5.82 Å². The molecule has 2 aromatic rings. The molecule has 0 unspecified atom stereocenters. The van der Waals surface area contributed by atoms with Gasteiger partial charge in [0, 0.05) is 6.20 Å². The van der Waals surface area contributed by atoms with Gasteiger partial charge in [0.2, 0.25) is 0 Å². The average Bonchev–Trinajstić information content (AvgIpc) is 2.60. The summed E-state index contributed by atoms with van der Waals surface area (Å²) in [6, 6.07) is 3.60. The highest BCUT2D eigenvalue weighted by Crippen LogP contribution is 2.19. The Labute approximate surface area is 96.3 Å². The fraction of sp³-hybridized carbons (Fsp3) is 0.100. The molecule has 0 fully saturated rings. The summed E-state index contributed by atoms with van der Waals surface area (Å²) in [4.78, 5) is 14.8. The number of nitrogens with zero attached hydrogens (tertiary/aromatic N) is 3. The number of hydrogen-bond donors (Lipinski definition) is 1. The summed E-state index contributed by atoms with van der Waals surface area (Å²) in [5.41, 5.74) is 0.957. The zero-order valence-electron chi connectivity index (χ0n) is 8.38. The molecule has 0 spiro atoms. The standard InChI is InChI=1S/C10H8ClN3O2/c1-6-2-3-12-8(4-6)14-9(11)7(5-13-14)10(15)16/h2-5H,1H3,(H,15,16). The third-order valence-corrected chi connectivity index (χ3v) is 2.42. The van der Waals surface area contributed by atoms with Crippen molar-refractivity contribution in [1.29, 1.82) is 0 Å². The number of aromatic carboxylic acids is 1. The SMILES string of the molecule is Cc1ccnc(-n2ncc(C(=O)O)c2Cl)c1. The van der Waals surface area contributed by atoms with Crippen molar-refractivity contribution in [1.82, 2.24) is 14.8 Å². The molecule has 82 valence electrons. The van der Waals surface area contributed by atoms with Crippen molar-refractivity contribution in [2.45, 2.75) is 6.92 Å². The Hall–Kier alpha value is -1.88. The van der Waals surface area contributed by atoms with Crippen LogP contribution in [0.2, 0.25) is 5.15 Å². The number of aryl methyl sites for hydroxylation is 1. The Morgan fingerprint density at radius 3 is 2.88 bits per heavy atom. The summed E-state index contributed by atoms with van der Waals surface area (Å²) >= 11 is 5.89. The van der Waals surface area contributed by atoms with Gasteiger partial charge in [0.1, 0.15) is 10.7 Å². The third kappa shape index (κ3) is 1.77. The van der Waals surface area contributed by atoms with Gasteiger partial charge in [0.05, 0.1) is 6.20 Å². The Morgan fingerprint density at radius 2 is 2.31 bits per heavy atom. The van der Waals surface area contributed by atoms with Crippen LogP contribution in [-0.4, -0.2) is 25.8 Å². The number of halogens is 1. The Bertz CT molecular complexity index is 551. The molecule has 0 radical (unpaired) electrons. The van der Waals surface area contributed by atoms with Gasteiger partial charge in [0.15, 0.2) is 5.82 Å². The average molecular weight is 238 g/mol. The fourth-order valence-electron chi connectivity index (χ4n) is 1.27. The van der Waals surface area contributed by atoms with Crippen LogP contribution < -0.4 is 0 Å². The number of carbonyl (C=O) groups is 1. The van der Waals surface area contributed by atoms with E-state index in [4.69, 9.17) is 16.7 Å². The zero-order valence-corrected chi connectivity index (χ0v) is 9.14. The van der Waals surface area contributed by atoms with Gasteiger partial charge in [-0.3, -0.25) is 0 Å². The third-order valence-electron chi connectivity index (χ3n) is 2.06. The van der Waals surface area contributed by atoms with E-state index in [2.05, 4.69) is 10.1 Å². The van der Waals surface area contributed by atoms with Crippen LogP contribution in [0.4, 0.5) is 0 Å². The van der Waals surface area contributed by atoms with Crippen LogP contribution in [0.5, 0.6) is 0 Å². The van der Waals surface area contributed by atoms with Crippen molar-refractivity contribution in [3.05, 3.63) is 40.8 Å². The molecule has 0 saturated heterocycles. The monoisotopic (exact) mass is 237 g/mol. The number of carboxylic acids is 1. The summed E-state index contributed by atoms with van der Waals surface area (Å²) in [6.45, 7) is 1.90. The van der Waals surface area contributed by atoms with Crippen molar-refractivity contribution in [2.24, 2.45) is 0 Å². The summed E-state index contributed by atoms with van der Waals surface area (Å²) in [5, 5.41) is 12.8. The first-order valence-corrected chi connectivity index (χ1v) is 4.87. The van der Waals surface area contributed by atoms with E-state index in [9.17, 15) is 4.79 Å². The van der Waals surface area contributed by atoms with E-state index < -0.39 is 5.97 Å². The second-order valence-corrected chi connectivity index (χ2v) is 3.62. The van der Waals surface area contributed by atoms with Crippen LogP contribution in [-0.2, 0) is 0 Å². The molecule has 0 aromatic carbocycles. The van der Waals surface area contributed by atoms with E-state index in [0.717, 1.165) is 5.56 Å². The molecule has 0 aliphatic rings. The van der Waals surface area contributed by atoms with E-state index >= 15 is 0 Å². The molecule has 0 aliphatic heterocycles. The van der Waals surface area contributed by atoms with Crippen LogP contribution in [0.1, 0.15) is 15.9 Å². The number of aromatic nitrogens is 3. The molecule has 0 saturated carbocycles. The van der Waals surface area contributed by atoms with Crippen LogP contribution in [0.3, 0.4) is 0 Å². The van der Waals surface area contributed by atoms with Gasteiger partial charge in [0.25, 0.3) is 0 Å². The number of rotatable bonds is 2. The molecule has 0 bridgehead atoms. The van der Waals surface area contributed by atoms with E-state index in [1.165, 1.54) is 10.9 Å². The van der Waals surface area contributed by atoms with Gasteiger partial charge in [-0.15, -0.1) is 0 Å². The van der Waals surface area contributed by atoms with Crippen LogP contribution >= 0.6 is 11.6 Å². The van der Waals surface area contributed by atoms with Crippen molar-refractivity contribution in [3.63, 3.8) is 0 Å². The van der Waals surface area contributed by atoms with Crippen LogP contribution in [0.15, 0.2) is 24.5 Å². The molecule has 0 aliphatic carbocycles. The van der Waals surface area contributed by atoms with Crippen molar-refractivity contribution in [2.75, 3.05) is 0 Å². The lowest BCUT2D eigenvalue weighted by atomic mass is 10.3. The number of carboxylic acid groups (broad SMARTS) is 1. The van der Waals surface area contributed by atoms with Crippen LogP contribution in [0, 0.1) is 6.92 Å². The highest BCUT2D eigenvalue weighted by Gasteiger charge is 2.16. The summed E-state index contributed by atoms with van der Waals surface area (Å²) in [5.74, 6) is -0.610. The largest absolute Gasteiger partial charge is 0.478 e. The minimum atomic E-state index is -1.11. The van der Waals surface area contributed by atoms with Gasteiger partial charge < -0.3 is 5.11 Å². The Kier molecular flexibility index (Phi) is 2.62. The molecule has 0 amide bonds. The lowest BCUT2D eigenvalue weighted by Crippen LogP contribution is -2.01. The molecular weight excluding hydrogens is 230 g/mol. The van der Waals surface area contributed by atoms with Gasteiger partial charge in [-0.2, -0.15) is 5.10 Å². The number of hydrogen-bond acceptors (Lipinski definition) is 3. The maximum absolute atomic E-state index is 10.8. The molecular formula is C10H8ClN3O2. The van der Waals surface area contributed by atoms with Gasteiger partial charge in [-0.25, -0.2) is 14.5 Å². The molecule has 2 aromatic heterocycles. The van der Waals surface area contributed by atoms with E-state index in [1.54, 1.807) is 12.3 Å². The predicted octanol–water partition coefficient (Wildman–Crippen LogP) is 1.93. The van der Waals surface area contributed by atoms with Gasteiger partial charge in [-0.05, 0) is 24.6 Å². The molecule has 6 heteroatoms. The van der Waals surface area contributed by atoms with Crippen LogP contribution in [0.25, 0.3) is 5.82 Å². The lowest BCUT2D eigenvalue weighted by Gasteiger charge is -2.02. The minimum Gasteiger partial charge on any atom is -0.478 e. The van der Waals surface area contributed by atoms with Crippen molar-refractivity contribution >= 4 is 17.6 Å². The van der Waals surface area contributed by atoms with E-state index in [-0.39, 0.29) is 10.7 Å². The topological polar surface area (TPSA) is 68.0 Å². The first-order chi connectivity index (χ1) is 7.59. The van der Waals surface area contributed by atoms with Gasteiger partial charge >= 0.3 is 5.97 Å². The fourth-order valence-corrected chi connectivity index (χ4v) is 1.53. The highest BCUT2D eigenvalue weighted by atomic mass is 35.5. The number of pyridine rings is 1. The van der Waals surface area contributed by atoms with Gasteiger partial charge in [-0.1, -0.05) is 11.6 Å². The zero-order chi connectivity index (χ0) is 11.7. The normalized spacial score (nSPS) is 10.4. The quantitative estimate of drug-likeness (QED) is 0.867. The molecule has 5 nitrogen and oxygen atoms in total. The Morgan fingerprint density at radius 1 is 1.56 bits per heavy atom. The molecule has 1 N–H and O–H groups in total. The predicted molar refractivity (Wildman–Crippen MR) is 58.1 cm³/mol. The smallest absolute Gasteiger partial charge is 0.340 e. The molecule has 2 rings (SSSR count). The van der Waals surface area contributed by atoms with E-state index in [1.807, 2.05) is 13.0 Å². The maximum atomic E-state index is 10.8. The minimum absolute atomic E-state index is 0.0371. The van der Waals surface area contributed by atoms with Crippen molar-refractivity contribution < 1.29 is 9.90 Å². The Balaban J connectivity index is 2.53.